The van der Waals surface area contributed by atoms with Crippen molar-refractivity contribution in [1.82, 2.24) is 9.78 Å². The van der Waals surface area contributed by atoms with E-state index in [0.29, 0.717) is 0 Å². The number of nitrogens with zero attached hydrogens (tertiary/aromatic N) is 2. The molecule has 2 N–H and O–H groups in total. The van der Waals surface area contributed by atoms with Crippen molar-refractivity contribution in [1.29, 1.82) is 0 Å². The molecule has 0 aliphatic heterocycles. The molecule has 0 bridgehead atoms. The highest BCUT2D eigenvalue weighted by Gasteiger charge is 2.08. The molecule has 0 aliphatic rings. The molecule has 1 heterocycles. The van der Waals surface area contributed by atoms with Gasteiger partial charge in [-0.3, -0.25) is 4.68 Å². The van der Waals surface area contributed by atoms with E-state index in [1.54, 1.807) is 0 Å². The van der Waals surface area contributed by atoms with Crippen molar-refractivity contribution in [2.45, 2.75) is 40.2 Å². The first-order valence-corrected chi connectivity index (χ1v) is 4.93. The van der Waals surface area contributed by atoms with E-state index >= 15 is 0 Å². The second-order valence-corrected chi connectivity index (χ2v) is 3.36. The Morgan fingerprint density at radius 1 is 1.38 bits per heavy atom. The van der Waals surface area contributed by atoms with Gasteiger partial charge in [0.15, 0.2) is 0 Å². The topological polar surface area (TPSA) is 43.8 Å². The number of aromatic nitrogens is 2. The lowest BCUT2D eigenvalue weighted by Crippen LogP contribution is -2.02. The molecular formula is C10H19N3. The molecular weight excluding hydrogens is 162 g/mol. The standard InChI is InChI=1S/C10H19N3/c1-4-13-9(3)10(6-5-7-11)8(2)12-13/h4-7,11H2,1-3H3. The molecule has 74 valence electrons. The van der Waals surface area contributed by atoms with Crippen LogP contribution in [0.15, 0.2) is 0 Å². The zero-order valence-electron chi connectivity index (χ0n) is 8.80. The molecule has 3 heteroatoms. The summed E-state index contributed by atoms with van der Waals surface area (Å²) < 4.78 is 2.06. The molecule has 0 atom stereocenters. The molecule has 1 rings (SSSR count). The van der Waals surface area contributed by atoms with Gasteiger partial charge in [-0.25, -0.2) is 0 Å². The second kappa shape index (κ2) is 4.42. The summed E-state index contributed by atoms with van der Waals surface area (Å²) in [5.41, 5.74) is 9.33. The first-order valence-electron chi connectivity index (χ1n) is 4.93. The zero-order valence-corrected chi connectivity index (χ0v) is 8.80. The van der Waals surface area contributed by atoms with Gasteiger partial charge in [0, 0.05) is 12.2 Å². The molecule has 0 fully saturated rings. The van der Waals surface area contributed by atoms with Gasteiger partial charge in [-0.2, -0.15) is 5.10 Å². The number of nitrogens with two attached hydrogens (primary N) is 1. The Balaban J connectivity index is 2.85. The van der Waals surface area contributed by atoms with Gasteiger partial charge in [0.05, 0.1) is 5.69 Å². The van der Waals surface area contributed by atoms with Crippen LogP contribution in [-0.4, -0.2) is 16.3 Å². The van der Waals surface area contributed by atoms with Crippen molar-refractivity contribution in [3.8, 4) is 0 Å². The number of rotatable bonds is 4. The van der Waals surface area contributed by atoms with Gasteiger partial charge in [-0.15, -0.1) is 0 Å². The molecule has 0 radical (unpaired) electrons. The minimum atomic E-state index is 0.760. The molecule has 0 aromatic carbocycles. The van der Waals surface area contributed by atoms with Crippen LogP contribution < -0.4 is 5.73 Å². The lowest BCUT2D eigenvalue weighted by molar-refractivity contribution is 0.633. The molecule has 0 spiro atoms. The fourth-order valence-corrected chi connectivity index (χ4v) is 1.68. The second-order valence-electron chi connectivity index (χ2n) is 3.36. The zero-order chi connectivity index (χ0) is 9.84. The van der Waals surface area contributed by atoms with Gasteiger partial charge in [-0.1, -0.05) is 0 Å². The van der Waals surface area contributed by atoms with Crippen molar-refractivity contribution in [2.75, 3.05) is 6.54 Å². The van der Waals surface area contributed by atoms with Crippen LogP contribution in [0.2, 0.25) is 0 Å². The number of hydrogen-bond donors (Lipinski definition) is 1. The van der Waals surface area contributed by atoms with Gasteiger partial charge < -0.3 is 5.73 Å². The summed E-state index contributed by atoms with van der Waals surface area (Å²) in [4.78, 5) is 0. The monoisotopic (exact) mass is 181 g/mol. The minimum Gasteiger partial charge on any atom is -0.330 e. The van der Waals surface area contributed by atoms with E-state index in [1.165, 1.54) is 11.3 Å². The third-order valence-electron chi connectivity index (χ3n) is 2.46. The molecule has 13 heavy (non-hydrogen) atoms. The average Bonchev–Trinajstić information content (AvgIpc) is 2.39. The maximum Gasteiger partial charge on any atom is 0.0628 e. The fourth-order valence-electron chi connectivity index (χ4n) is 1.68. The molecule has 0 saturated heterocycles. The Labute approximate surface area is 79.9 Å². The van der Waals surface area contributed by atoms with E-state index in [1.807, 2.05) is 0 Å². The van der Waals surface area contributed by atoms with Crippen LogP contribution in [0.1, 0.15) is 30.3 Å². The van der Waals surface area contributed by atoms with Gasteiger partial charge in [0.2, 0.25) is 0 Å². The van der Waals surface area contributed by atoms with Crippen LogP contribution >= 0.6 is 0 Å². The van der Waals surface area contributed by atoms with Crippen molar-refractivity contribution in [3.63, 3.8) is 0 Å². The minimum absolute atomic E-state index is 0.760. The molecule has 0 unspecified atom stereocenters. The smallest absolute Gasteiger partial charge is 0.0628 e. The van der Waals surface area contributed by atoms with Crippen LogP contribution in [0.3, 0.4) is 0 Å². The average molecular weight is 181 g/mol. The van der Waals surface area contributed by atoms with Gasteiger partial charge in [0.25, 0.3) is 0 Å². The SMILES string of the molecule is CCn1nc(C)c(CCCN)c1C. The van der Waals surface area contributed by atoms with Crippen molar-refractivity contribution < 1.29 is 0 Å². The lowest BCUT2D eigenvalue weighted by Gasteiger charge is -2.01. The Kier molecular flexibility index (Phi) is 3.48. The predicted octanol–water partition coefficient (Wildman–Crippen LogP) is 1.41. The van der Waals surface area contributed by atoms with Crippen molar-refractivity contribution in [2.24, 2.45) is 5.73 Å². The Morgan fingerprint density at radius 3 is 2.54 bits per heavy atom. The maximum absolute atomic E-state index is 5.49. The molecule has 0 saturated carbocycles. The summed E-state index contributed by atoms with van der Waals surface area (Å²) in [6, 6.07) is 0. The first kappa shape index (κ1) is 10.3. The van der Waals surface area contributed by atoms with E-state index in [2.05, 4.69) is 30.6 Å². The Hall–Kier alpha value is -0.830. The lowest BCUT2D eigenvalue weighted by atomic mass is 10.1. The van der Waals surface area contributed by atoms with Crippen LogP contribution in [0, 0.1) is 13.8 Å². The van der Waals surface area contributed by atoms with Crippen molar-refractivity contribution >= 4 is 0 Å². The van der Waals surface area contributed by atoms with E-state index in [4.69, 9.17) is 5.73 Å². The third-order valence-corrected chi connectivity index (χ3v) is 2.46. The van der Waals surface area contributed by atoms with Crippen LogP contribution in [-0.2, 0) is 13.0 Å². The molecule has 3 nitrogen and oxygen atoms in total. The largest absolute Gasteiger partial charge is 0.330 e. The number of hydrogen-bond acceptors (Lipinski definition) is 2. The van der Waals surface area contributed by atoms with E-state index in [-0.39, 0.29) is 0 Å². The molecule has 1 aromatic heterocycles. The van der Waals surface area contributed by atoms with Crippen LogP contribution in [0.25, 0.3) is 0 Å². The normalized spacial score (nSPS) is 10.8. The third kappa shape index (κ3) is 2.10. The summed E-state index contributed by atoms with van der Waals surface area (Å²) >= 11 is 0. The highest BCUT2D eigenvalue weighted by Crippen LogP contribution is 2.14. The Morgan fingerprint density at radius 2 is 2.08 bits per heavy atom. The van der Waals surface area contributed by atoms with Gasteiger partial charge in [0.1, 0.15) is 0 Å². The summed E-state index contributed by atoms with van der Waals surface area (Å²) in [6.07, 6.45) is 2.12. The summed E-state index contributed by atoms with van der Waals surface area (Å²) in [7, 11) is 0. The fraction of sp³-hybridized carbons (Fsp3) is 0.700. The van der Waals surface area contributed by atoms with Crippen LogP contribution in [0.5, 0.6) is 0 Å². The Bertz CT molecular complexity index is 276. The summed E-state index contributed by atoms with van der Waals surface area (Å²) in [5.74, 6) is 0. The first-order chi connectivity index (χ1) is 6.20. The highest BCUT2D eigenvalue weighted by atomic mass is 15.3. The molecule has 1 aromatic rings. The summed E-state index contributed by atoms with van der Waals surface area (Å²) in [5, 5.41) is 4.46. The number of aryl methyl sites for hydroxylation is 2. The highest BCUT2D eigenvalue weighted by molar-refractivity contribution is 5.24. The van der Waals surface area contributed by atoms with Crippen molar-refractivity contribution in [3.05, 3.63) is 17.0 Å². The van der Waals surface area contributed by atoms with Gasteiger partial charge in [-0.05, 0) is 45.7 Å². The predicted molar refractivity (Wildman–Crippen MR) is 54.8 cm³/mol. The van der Waals surface area contributed by atoms with Crippen LogP contribution in [0.4, 0.5) is 0 Å². The quantitative estimate of drug-likeness (QED) is 0.763. The van der Waals surface area contributed by atoms with E-state index in [9.17, 15) is 0 Å². The van der Waals surface area contributed by atoms with E-state index in [0.717, 1.165) is 31.6 Å². The molecule has 0 aliphatic carbocycles. The van der Waals surface area contributed by atoms with Gasteiger partial charge >= 0.3 is 0 Å². The maximum atomic E-state index is 5.49. The molecule has 0 amide bonds. The summed E-state index contributed by atoms with van der Waals surface area (Å²) in [6.45, 7) is 8.04. The van der Waals surface area contributed by atoms with E-state index < -0.39 is 0 Å².